The summed E-state index contributed by atoms with van der Waals surface area (Å²) in [7, 11) is -11.0. The van der Waals surface area contributed by atoms with Crippen LogP contribution in [-0.2, 0) is 30.1 Å². The number of anilines is 1. The van der Waals surface area contributed by atoms with Gasteiger partial charge in [-0.2, -0.15) is 16.8 Å². The van der Waals surface area contributed by atoms with Gasteiger partial charge in [0.25, 0.3) is 31.8 Å². The lowest BCUT2D eigenvalue weighted by atomic mass is 10.1. The van der Waals surface area contributed by atoms with Gasteiger partial charge in [-0.1, -0.05) is 6.92 Å². The van der Waals surface area contributed by atoms with Gasteiger partial charge in [-0.05, 0) is 26.0 Å². The van der Waals surface area contributed by atoms with Gasteiger partial charge in [0.2, 0.25) is 0 Å². The first kappa shape index (κ1) is 31.8. The molecule has 0 bridgehead atoms. The van der Waals surface area contributed by atoms with Gasteiger partial charge in [0.15, 0.2) is 9.84 Å². The molecule has 18 heteroatoms. The second kappa shape index (κ2) is 12.6. The van der Waals surface area contributed by atoms with Gasteiger partial charge in [-0.25, -0.2) is 8.42 Å². The van der Waals surface area contributed by atoms with Crippen molar-refractivity contribution in [2.45, 2.75) is 24.7 Å². The Labute approximate surface area is 222 Å². The molecule has 1 fully saturated rings. The SMILES string of the molecule is CCS(=O)(=O)c1cc([N+](=O)[O-])c(C(=O)N2CCN(C)CC2)cc1N(CCCS(=O)(=O)O)CCCS(=O)(=O)O. The number of nitro groups is 1. The Bertz CT molecular complexity index is 1320. The van der Waals surface area contributed by atoms with Crippen molar-refractivity contribution in [3.63, 3.8) is 0 Å². The summed E-state index contributed by atoms with van der Waals surface area (Å²) >= 11 is 0. The number of carbonyl (C=O) groups excluding carboxylic acids is 1. The van der Waals surface area contributed by atoms with Gasteiger partial charge in [0.1, 0.15) is 5.56 Å². The normalized spacial score (nSPS) is 15.4. The number of hydrogen-bond donors (Lipinski definition) is 2. The highest BCUT2D eigenvalue weighted by atomic mass is 32.2. The molecule has 1 aliphatic rings. The Morgan fingerprint density at radius 2 is 1.47 bits per heavy atom. The first-order chi connectivity index (χ1) is 17.4. The molecule has 1 amide bonds. The molecule has 1 saturated heterocycles. The van der Waals surface area contributed by atoms with Gasteiger partial charge < -0.3 is 14.7 Å². The van der Waals surface area contributed by atoms with E-state index in [0.717, 1.165) is 12.1 Å². The largest absolute Gasteiger partial charge is 0.370 e. The second-order valence-corrected chi connectivity index (χ2v) is 14.3. The molecule has 0 spiro atoms. The zero-order chi connectivity index (χ0) is 28.9. The van der Waals surface area contributed by atoms with E-state index in [-0.39, 0.29) is 50.3 Å². The summed E-state index contributed by atoms with van der Waals surface area (Å²) in [5.74, 6) is -2.54. The topological polar surface area (TPSA) is 213 Å². The van der Waals surface area contributed by atoms with Crippen LogP contribution in [0.4, 0.5) is 11.4 Å². The molecule has 0 unspecified atom stereocenters. The first-order valence-electron chi connectivity index (χ1n) is 11.6. The number of sulfone groups is 1. The third-order valence-corrected chi connectivity index (χ3v) is 9.38. The van der Waals surface area contributed by atoms with Crippen LogP contribution >= 0.6 is 0 Å². The van der Waals surface area contributed by atoms with E-state index >= 15 is 0 Å². The fourth-order valence-corrected chi connectivity index (χ4v) is 6.04. The summed E-state index contributed by atoms with van der Waals surface area (Å²) in [4.78, 5) is 28.5. The summed E-state index contributed by atoms with van der Waals surface area (Å²) in [5, 5.41) is 11.9. The summed E-state index contributed by atoms with van der Waals surface area (Å²) in [6.45, 7) is 2.49. The van der Waals surface area contributed by atoms with Crippen LogP contribution in [0.3, 0.4) is 0 Å². The van der Waals surface area contributed by atoms with E-state index in [0.29, 0.717) is 13.1 Å². The van der Waals surface area contributed by atoms with Crippen LogP contribution in [-0.4, -0.2) is 119 Å². The molecule has 1 aliphatic heterocycles. The number of hydrogen-bond acceptors (Lipinski definition) is 11. The Balaban J connectivity index is 2.67. The molecule has 15 nitrogen and oxygen atoms in total. The van der Waals surface area contributed by atoms with E-state index < -0.39 is 68.7 Å². The number of piperazine rings is 1. The Kier molecular flexibility index (Phi) is 10.6. The van der Waals surface area contributed by atoms with Crippen molar-refractivity contribution >= 4 is 47.4 Å². The monoisotopic (exact) mass is 600 g/mol. The summed E-state index contributed by atoms with van der Waals surface area (Å²) in [5.41, 5.74) is -1.25. The van der Waals surface area contributed by atoms with Crippen LogP contribution in [0.15, 0.2) is 17.0 Å². The standard InChI is InChI=1S/C20H32N4O11S3/c1-3-36(28,29)19-15-17(24(26)27)16(20(25)23-10-8-21(2)9-11-23)14-18(19)22(6-4-12-37(30,31)32)7-5-13-38(33,34)35/h14-15H,3-13H2,1-2H3,(H,30,31,32)(H,33,34,35). The van der Waals surface area contributed by atoms with Crippen molar-refractivity contribution in [2.24, 2.45) is 0 Å². The molecule has 0 radical (unpaired) electrons. The number of rotatable bonds is 13. The highest BCUT2D eigenvalue weighted by Crippen LogP contribution is 2.35. The van der Waals surface area contributed by atoms with Crippen molar-refractivity contribution in [2.75, 3.05) is 68.5 Å². The van der Waals surface area contributed by atoms with Crippen molar-refractivity contribution < 1.29 is 44.1 Å². The molecular weight excluding hydrogens is 568 g/mol. The fourth-order valence-electron chi connectivity index (χ4n) is 3.94. The van der Waals surface area contributed by atoms with Crippen LogP contribution in [0.2, 0.25) is 0 Å². The Hall–Kier alpha value is -2.38. The van der Waals surface area contributed by atoms with Gasteiger partial charge in [-0.15, -0.1) is 0 Å². The molecule has 0 atom stereocenters. The fraction of sp³-hybridized carbons (Fsp3) is 0.650. The van der Waals surface area contributed by atoms with Crippen LogP contribution < -0.4 is 4.90 Å². The lowest BCUT2D eigenvalue weighted by Gasteiger charge is -2.33. The molecule has 2 rings (SSSR count). The highest BCUT2D eigenvalue weighted by molar-refractivity contribution is 7.91. The molecule has 0 aliphatic carbocycles. The zero-order valence-electron chi connectivity index (χ0n) is 21.0. The predicted molar refractivity (Wildman–Crippen MR) is 139 cm³/mol. The van der Waals surface area contributed by atoms with E-state index in [9.17, 15) is 40.2 Å². The minimum Gasteiger partial charge on any atom is -0.370 e. The molecule has 1 aromatic rings. The maximum Gasteiger partial charge on any atom is 0.283 e. The maximum absolute atomic E-state index is 13.3. The zero-order valence-corrected chi connectivity index (χ0v) is 23.5. The molecule has 0 saturated carbocycles. The molecule has 2 N–H and O–H groups in total. The van der Waals surface area contributed by atoms with Crippen molar-refractivity contribution in [1.29, 1.82) is 0 Å². The van der Waals surface area contributed by atoms with Gasteiger partial charge >= 0.3 is 0 Å². The molecule has 1 aromatic carbocycles. The van der Waals surface area contributed by atoms with E-state index in [1.807, 2.05) is 11.9 Å². The number of likely N-dealkylation sites (N-methyl/N-ethyl adjacent to an activating group) is 1. The van der Waals surface area contributed by atoms with Crippen LogP contribution in [0.5, 0.6) is 0 Å². The van der Waals surface area contributed by atoms with Gasteiger partial charge in [0.05, 0.1) is 32.8 Å². The number of amides is 1. The van der Waals surface area contributed by atoms with Crippen molar-refractivity contribution in [3.8, 4) is 0 Å². The summed E-state index contributed by atoms with van der Waals surface area (Å²) in [6, 6.07) is 1.85. The van der Waals surface area contributed by atoms with Crippen LogP contribution in [0, 0.1) is 10.1 Å². The smallest absolute Gasteiger partial charge is 0.283 e. The predicted octanol–water partition coefficient (Wildman–Crippen LogP) is 0.138. The highest BCUT2D eigenvalue weighted by Gasteiger charge is 2.32. The molecule has 216 valence electrons. The van der Waals surface area contributed by atoms with Crippen molar-refractivity contribution in [3.05, 3.63) is 27.8 Å². The lowest BCUT2D eigenvalue weighted by Crippen LogP contribution is -2.47. The number of nitrogens with zero attached hydrogens (tertiary/aromatic N) is 4. The Morgan fingerprint density at radius 1 is 0.974 bits per heavy atom. The quantitative estimate of drug-likeness (QED) is 0.175. The van der Waals surface area contributed by atoms with E-state index in [1.165, 1.54) is 16.7 Å². The number of carbonyl (C=O) groups is 1. The van der Waals surface area contributed by atoms with E-state index in [1.54, 1.807) is 0 Å². The molecule has 1 heterocycles. The molecule has 38 heavy (non-hydrogen) atoms. The minimum atomic E-state index is -4.38. The molecular formula is C20H32N4O11S3. The van der Waals surface area contributed by atoms with Gasteiger partial charge in [0, 0.05) is 45.3 Å². The summed E-state index contributed by atoms with van der Waals surface area (Å²) in [6.07, 6.45) is -0.426. The third kappa shape index (κ3) is 9.12. The van der Waals surface area contributed by atoms with E-state index in [2.05, 4.69) is 0 Å². The second-order valence-electron chi connectivity index (χ2n) is 8.86. The lowest BCUT2D eigenvalue weighted by molar-refractivity contribution is -0.385. The number of benzene rings is 1. The van der Waals surface area contributed by atoms with E-state index in [4.69, 9.17) is 9.11 Å². The van der Waals surface area contributed by atoms with Crippen molar-refractivity contribution in [1.82, 2.24) is 9.80 Å². The number of nitro benzene ring substituents is 1. The van der Waals surface area contributed by atoms with Crippen LogP contribution in [0.25, 0.3) is 0 Å². The average molecular weight is 601 g/mol. The third-order valence-electron chi connectivity index (χ3n) is 6.01. The van der Waals surface area contributed by atoms with Crippen LogP contribution in [0.1, 0.15) is 30.1 Å². The maximum atomic E-state index is 13.3. The molecule has 0 aromatic heterocycles. The first-order valence-corrected chi connectivity index (χ1v) is 16.5. The minimum absolute atomic E-state index is 0.152. The summed E-state index contributed by atoms with van der Waals surface area (Å²) < 4.78 is 89.0. The average Bonchev–Trinajstić information content (AvgIpc) is 2.80. The Morgan fingerprint density at radius 3 is 1.89 bits per heavy atom. The van der Waals surface area contributed by atoms with Gasteiger partial charge in [-0.3, -0.25) is 24.0 Å².